The van der Waals surface area contributed by atoms with Gasteiger partial charge in [-0.25, -0.2) is 0 Å². The van der Waals surface area contributed by atoms with Crippen LogP contribution in [-0.2, 0) is 4.74 Å². The summed E-state index contributed by atoms with van der Waals surface area (Å²) < 4.78 is 6.08. The van der Waals surface area contributed by atoms with E-state index in [4.69, 9.17) is 4.74 Å². The zero-order valence-electron chi connectivity index (χ0n) is 13.6. The van der Waals surface area contributed by atoms with Crippen LogP contribution in [0.1, 0.15) is 58.3 Å². The summed E-state index contributed by atoms with van der Waals surface area (Å²) in [5.41, 5.74) is 1.09. The topological polar surface area (TPSA) is 29.5 Å². The van der Waals surface area contributed by atoms with Gasteiger partial charge in [-0.2, -0.15) is 0 Å². The van der Waals surface area contributed by atoms with Crippen molar-refractivity contribution in [2.75, 3.05) is 7.11 Å². The number of hydrogen-bond donors (Lipinski definition) is 1. The Morgan fingerprint density at radius 3 is 2.57 bits per heavy atom. The van der Waals surface area contributed by atoms with E-state index in [1.165, 1.54) is 44.9 Å². The second kappa shape index (κ2) is 4.06. The fourth-order valence-corrected chi connectivity index (χ4v) is 8.20. The minimum Gasteiger partial charge on any atom is -0.393 e. The van der Waals surface area contributed by atoms with E-state index in [1.54, 1.807) is 0 Å². The van der Waals surface area contributed by atoms with E-state index < -0.39 is 0 Å². The van der Waals surface area contributed by atoms with Crippen LogP contribution in [0.2, 0.25) is 0 Å². The molecule has 0 heterocycles. The molecule has 9 unspecified atom stereocenters. The summed E-state index contributed by atoms with van der Waals surface area (Å²) in [5.74, 6) is 4.13. The highest BCUT2D eigenvalue weighted by Crippen LogP contribution is 2.81. The van der Waals surface area contributed by atoms with Crippen molar-refractivity contribution in [3.63, 3.8) is 0 Å². The lowest BCUT2D eigenvalue weighted by atomic mass is 9.48. The van der Waals surface area contributed by atoms with Crippen LogP contribution in [0.3, 0.4) is 0 Å². The van der Waals surface area contributed by atoms with Gasteiger partial charge in [0.2, 0.25) is 0 Å². The number of aliphatic hydroxyl groups is 1. The first-order valence-corrected chi connectivity index (χ1v) is 9.32. The quantitative estimate of drug-likeness (QED) is 0.799. The van der Waals surface area contributed by atoms with Gasteiger partial charge < -0.3 is 9.84 Å². The summed E-state index contributed by atoms with van der Waals surface area (Å²) in [7, 11) is 1.96. The maximum Gasteiger partial charge on any atom is 0.0638 e. The lowest BCUT2D eigenvalue weighted by Gasteiger charge is -2.58. The molecule has 2 nitrogen and oxygen atoms in total. The Hall–Kier alpha value is -0.0800. The van der Waals surface area contributed by atoms with Gasteiger partial charge in [-0.05, 0) is 86.4 Å². The summed E-state index contributed by atoms with van der Waals surface area (Å²) in [5, 5.41) is 10.3. The zero-order chi connectivity index (χ0) is 14.4. The first-order valence-electron chi connectivity index (χ1n) is 9.32. The minimum absolute atomic E-state index is 0.00195. The predicted molar refractivity (Wildman–Crippen MR) is 81.7 cm³/mol. The van der Waals surface area contributed by atoms with Crippen molar-refractivity contribution >= 4 is 0 Å². The van der Waals surface area contributed by atoms with Crippen LogP contribution in [-0.4, -0.2) is 24.4 Å². The van der Waals surface area contributed by atoms with E-state index >= 15 is 0 Å². The largest absolute Gasteiger partial charge is 0.393 e. The van der Waals surface area contributed by atoms with Crippen molar-refractivity contribution in [1.29, 1.82) is 0 Å². The highest BCUT2D eigenvalue weighted by atomic mass is 16.5. The molecular formula is C19H30O2. The SMILES string of the molecule is COC1CC2C3CCC(O)C3CCC2C2(C)CCC3CC312. The van der Waals surface area contributed by atoms with Crippen molar-refractivity contribution in [2.45, 2.75) is 70.5 Å². The number of aliphatic hydroxyl groups excluding tert-OH is 1. The Balaban J connectivity index is 1.53. The Morgan fingerprint density at radius 2 is 1.81 bits per heavy atom. The summed E-state index contributed by atoms with van der Waals surface area (Å²) in [4.78, 5) is 0. The van der Waals surface area contributed by atoms with Crippen molar-refractivity contribution in [3.05, 3.63) is 0 Å². The Morgan fingerprint density at radius 1 is 1.00 bits per heavy atom. The van der Waals surface area contributed by atoms with Gasteiger partial charge in [0, 0.05) is 12.5 Å². The number of rotatable bonds is 1. The van der Waals surface area contributed by atoms with Crippen molar-refractivity contribution in [3.8, 4) is 0 Å². The summed E-state index contributed by atoms with van der Waals surface area (Å²) in [6.07, 6.45) is 11.1. The molecule has 0 aromatic rings. The van der Waals surface area contributed by atoms with Gasteiger partial charge in [0.1, 0.15) is 0 Å². The molecule has 0 aromatic heterocycles. The van der Waals surface area contributed by atoms with Crippen LogP contribution < -0.4 is 0 Å². The molecule has 5 fully saturated rings. The Labute approximate surface area is 128 Å². The normalized spacial score (nSPS) is 64.4. The molecule has 5 aliphatic carbocycles. The van der Waals surface area contributed by atoms with E-state index in [0.29, 0.717) is 22.9 Å². The lowest BCUT2D eigenvalue weighted by Crippen LogP contribution is -2.55. The molecule has 5 saturated carbocycles. The van der Waals surface area contributed by atoms with E-state index in [1.807, 2.05) is 7.11 Å². The van der Waals surface area contributed by atoms with E-state index in [2.05, 4.69) is 6.92 Å². The Bertz CT molecular complexity index is 462. The van der Waals surface area contributed by atoms with Crippen LogP contribution in [0.5, 0.6) is 0 Å². The molecule has 21 heavy (non-hydrogen) atoms. The monoisotopic (exact) mass is 290 g/mol. The highest BCUT2D eigenvalue weighted by Gasteiger charge is 2.76. The van der Waals surface area contributed by atoms with Crippen molar-refractivity contribution < 1.29 is 9.84 Å². The average molecular weight is 290 g/mol. The molecular weight excluding hydrogens is 260 g/mol. The fourth-order valence-electron chi connectivity index (χ4n) is 8.20. The molecule has 0 bridgehead atoms. The second-order valence-corrected chi connectivity index (χ2v) is 9.18. The van der Waals surface area contributed by atoms with Crippen LogP contribution in [0.4, 0.5) is 0 Å². The third-order valence-corrected chi connectivity index (χ3v) is 9.11. The van der Waals surface area contributed by atoms with Crippen LogP contribution in [0.15, 0.2) is 0 Å². The van der Waals surface area contributed by atoms with Gasteiger partial charge in [0.25, 0.3) is 0 Å². The zero-order valence-corrected chi connectivity index (χ0v) is 13.6. The van der Waals surface area contributed by atoms with Gasteiger partial charge in [-0.3, -0.25) is 0 Å². The lowest BCUT2D eigenvalue weighted by molar-refractivity contribution is -0.147. The summed E-state index contributed by atoms with van der Waals surface area (Å²) in [6, 6.07) is 0. The number of hydrogen-bond acceptors (Lipinski definition) is 2. The number of ether oxygens (including phenoxy) is 1. The number of fused-ring (bicyclic) bond motifs is 4. The maximum absolute atomic E-state index is 10.3. The van der Waals surface area contributed by atoms with Gasteiger partial charge in [-0.15, -0.1) is 0 Å². The molecule has 0 aliphatic heterocycles. The fraction of sp³-hybridized carbons (Fsp3) is 1.00. The summed E-state index contributed by atoms with van der Waals surface area (Å²) in [6.45, 7) is 2.62. The predicted octanol–water partition coefficient (Wildman–Crippen LogP) is 3.62. The Kier molecular flexibility index (Phi) is 2.58. The second-order valence-electron chi connectivity index (χ2n) is 9.18. The van der Waals surface area contributed by atoms with Crippen LogP contribution >= 0.6 is 0 Å². The molecule has 0 radical (unpaired) electrons. The minimum atomic E-state index is -0.00195. The molecule has 1 N–H and O–H groups in total. The van der Waals surface area contributed by atoms with Crippen LogP contribution in [0.25, 0.3) is 0 Å². The molecule has 5 rings (SSSR count). The smallest absolute Gasteiger partial charge is 0.0638 e. The molecule has 1 spiro atoms. The van der Waals surface area contributed by atoms with Crippen molar-refractivity contribution in [1.82, 2.24) is 0 Å². The van der Waals surface area contributed by atoms with E-state index in [9.17, 15) is 5.11 Å². The highest BCUT2D eigenvalue weighted by molar-refractivity contribution is 5.25. The molecule has 0 aromatic carbocycles. The van der Waals surface area contributed by atoms with Crippen molar-refractivity contribution in [2.24, 2.45) is 40.4 Å². The standard InChI is InChI=1S/C19H30O2/c1-18-8-7-11-10-19(11,18)17(21-2)9-14-12-4-6-16(20)13(12)3-5-15(14)18/h11-17,20H,3-10H2,1-2H3. The first kappa shape index (κ1) is 13.4. The average Bonchev–Trinajstić information content (AvgIpc) is 2.99. The first-order chi connectivity index (χ1) is 10.1. The van der Waals surface area contributed by atoms with Crippen LogP contribution in [0, 0.1) is 40.4 Å². The molecule has 118 valence electrons. The third-order valence-electron chi connectivity index (χ3n) is 9.11. The molecule has 5 aliphatic rings. The van der Waals surface area contributed by atoms with Gasteiger partial charge in [0.05, 0.1) is 12.2 Å². The van der Waals surface area contributed by atoms with Gasteiger partial charge in [0.15, 0.2) is 0 Å². The van der Waals surface area contributed by atoms with E-state index in [-0.39, 0.29) is 6.10 Å². The van der Waals surface area contributed by atoms with Gasteiger partial charge in [-0.1, -0.05) is 6.92 Å². The molecule has 0 amide bonds. The summed E-state index contributed by atoms with van der Waals surface area (Å²) >= 11 is 0. The van der Waals surface area contributed by atoms with Gasteiger partial charge >= 0.3 is 0 Å². The molecule has 2 heteroatoms. The molecule has 0 saturated heterocycles. The number of methoxy groups -OCH3 is 1. The third kappa shape index (κ3) is 1.39. The van der Waals surface area contributed by atoms with E-state index in [0.717, 1.165) is 30.1 Å². The molecule has 9 atom stereocenters. The maximum atomic E-state index is 10.3.